The average molecular weight is 573 g/mol. The number of hydrogen-bond acceptors (Lipinski definition) is 9. The van der Waals surface area contributed by atoms with Gasteiger partial charge in [-0.1, -0.05) is 18.5 Å². The van der Waals surface area contributed by atoms with E-state index in [0.717, 1.165) is 18.6 Å². The van der Waals surface area contributed by atoms with E-state index in [-0.39, 0.29) is 23.7 Å². The van der Waals surface area contributed by atoms with Gasteiger partial charge in [0.25, 0.3) is 5.91 Å². The summed E-state index contributed by atoms with van der Waals surface area (Å²) < 4.78 is 14.4. The predicted octanol–water partition coefficient (Wildman–Crippen LogP) is 4.67. The highest BCUT2D eigenvalue weighted by Crippen LogP contribution is 2.37. The van der Waals surface area contributed by atoms with Crippen LogP contribution < -0.4 is 35.7 Å². The quantitative estimate of drug-likeness (QED) is 0.0812. The van der Waals surface area contributed by atoms with Crippen LogP contribution >= 0.6 is 23.7 Å². The van der Waals surface area contributed by atoms with Gasteiger partial charge in [0, 0.05) is 58.0 Å². The summed E-state index contributed by atoms with van der Waals surface area (Å²) in [5.41, 5.74) is 8.48. The number of carboxylic acid groups (broad SMARTS) is 1. The first-order chi connectivity index (χ1) is 18.7. The number of carbonyl (C=O) groups excluding carboxylic acids is 1. The average Bonchev–Trinajstić information content (AvgIpc) is 2.90. The lowest BCUT2D eigenvalue weighted by molar-refractivity contribution is -0.139. The molecule has 0 saturated carbocycles. The molecule has 0 aliphatic heterocycles. The SMILES string of the molecule is CCCOc1cc(NSN)cc(CNc2ccc(Cl)cc2C(=O)Nc2ccc(C(=N)N)cc2)c1OCC(=O)O. The second-order valence-electron chi connectivity index (χ2n) is 8.20. The second-order valence-corrected chi connectivity index (χ2v) is 9.08. The van der Waals surface area contributed by atoms with Crippen molar-refractivity contribution in [2.75, 3.05) is 28.6 Å². The molecule has 0 aliphatic rings. The fourth-order valence-electron chi connectivity index (χ4n) is 3.52. The van der Waals surface area contributed by atoms with Gasteiger partial charge in [-0.15, -0.1) is 0 Å². The highest BCUT2D eigenvalue weighted by atomic mass is 35.5. The zero-order chi connectivity index (χ0) is 28.4. The Hall–Kier alpha value is -4.13. The molecule has 13 heteroatoms. The van der Waals surface area contributed by atoms with Crippen molar-refractivity contribution in [3.63, 3.8) is 0 Å². The van der Waals surface area contributed by atoms with Crippen molar-refractivity contribution in [1.82, 2.24) is 0 Å². The summed E-state index contributed by atoms with van der Waals surface area (Å²) in [6.45, 7) is 1.93. The molecule has 0 aromatic heterocycles. The van der Waals surface area contributed by atoms with Crippen molar-refractivity contribution < 1.29 is 24.2 Å². The number of ether oxygens (including phenoxy) is 2. The summed E-state index contributed by atoms with van der Waals surface area (Å²) in [4.78, 5) is 24.4. The van der Waals surface area contributed by atoms with Crippen LogP contribution in [0, 0.1) is 5.41 Å². The van der Waals surface area contributed by atoms with Crippen molar-refractivity contribution in [1.29, 1.82) is 5.41 Å². The topological polar surface area (TPSA) is 185 Å². The Morgan fingerprint density at radius 3 is 2.46 bits per heavy atom. The molecule has 0 spiro atoms. The van der Waals surface area contributed by atoms with Gasteiger partial charge in [0.15, 0.2) is 18.1 Å². The Morgan fingerprint density at radius 1 is 1.08 bits per heavy atom. The third-order valence-electron chi connectivity index (χ3n) is 5.26. The molecule has 11 nitrogen and oxygen atoms in total. The smallest absolute Gasteiger partial charge is 0.341 e. The molecule has 0 unspecified atom stereocenters. The number of hydrogen-bond donors (Lipinski definition) is 7. The molecule has 39 heavy (non-hydrogen) atoms. The van der Waals surface area contributed by atoms with E-state index < -0.39 is 18.5 Å². The molecule has 0 atom stereocenters. The molecule has 3 rings (SSSR count). The van der Waals surface area contributed by atoms with E-state index in [0.29, 0.717) is 45.6 Å². The normalized spacial score (nSPS) is 10.4. The highest BCUT2D eigenvalue weighted by molar-refractivity contribution is 7.98. The molecule has 0 radical (unpaired) electrons. The van der Waals surface area contributed by atoms with Gasteiger partial charge in [-0.2, -0.15) is 0 Å². The van der Waals surface area contributed by atoms with Crippen molar-refractivity contribution in [2.45, 2.75) is 19.9 Å². The minimum absolute atomic E-state index is 0.0755. The number of nitrogen functional groups attached to an aromatic ring is 1. The number of anilines is 3. The summed E-state index contributed by atoms with van der Waals surface area (Å²) in [7, 11) is 0. The van der Waals surface area contributed by atoms with Gasteiger partial charge in [0.05, 0.1) is 12.2 Å². The first-order valence-electron chi connectivity index (χ1n) is 11.8. The number of nitrogens with two attached hydrogens (primary N) is 2. The van der Waals surface area contributed by atoms with Gasteiger partial charge in [0.1, 0.15) is 5.84 Å². The van der Waals surface area contributed by atoms with Gasteiger partial charge < -0.3 is 35.7 Å². The maximum Gasteiger partial charge on any atom is 0.341 e. The van der Waals surface area contributed by atoms with Crippen molar-refractivity contribution >= 4 is 58.5 Å². The number of carbonyl (C=O) groups is 2. The molecule has 0 aliphatic carbocycles. The maximum absolute atomic E-state index is 13.2. The van der Waals surface area contributed by atoms with Crippen LogP contribution in [0.25, 0.3) is 0 Å². The van der Waals surface area contributed by atoms with E-state index in [1.54, 1.807) is 48.5 Å². The maximum atomic E-state index is 13.2. The Kier molecular flexibility index (Phi) is 10.7. The summed E-state index contributed by atoms with van der Waals surface area (Å²) in [6.07, 6.45) is 0.732. The van der Waals surface area contributed by atoms with Gasteiger partial charge >= 0.3 is 5.97 Å². The Balaban J connectivity index is 1.90. The van der Waals surface area contributed by atoms with Crippen LogP contribution in [0.4, 0.5) is 17.1 Å². The molecule has 0 saturated heterocycles. The van der Waals surface area contributed by atoms with Crippen LogP contribution in [0.3, 0.4) is 0 Å². The second kappa shape index (κ2) is 14.1. The lowest BCUT2D eigenvalue weighted by Crippen LogP contribution is -2.16. The van der Waals surface area contributed by atoms with E-state index in [9.17, 15) is 14.7 Å². The largest absolute Gasteiger partial charge is 0.490 e. The van der Waals surface area contributed by atoms with E-state index in [1.165, 1.54) is 6.07 Å². The van der Waals surface area contributed by atoms with E-state index in [1.807, 2.05) is 6.92 Å². The van der Waals surface area contributed by atoms with E-state index in [4.69, 9.17) is 37.4 Å². The monoisotopic (exact) mass is 572 g/mol. The van der Waals surface area contributed by atoms with Crippen molar-refractivity contribution in [2.24, 2.45) is 10.9 Å². The van der Waals surface area contributed by atoms with Crippen molar-refractivity contribution in [3.05, 3.63) is 76.3 Å². The first kappa shape index (κ1) is 29.4. The number of benzene rings is 3. The Bertz CT molecular complexity index is 1340. The summed E-state index contributed by atoms with van der Waals surface area (Å²) >= 11 is 7.10. The van der Waals surface area contributed by atoms with Gasteiger partial charge in [-0.3, -0.25) is 15.3 Å². The number of nitrogens with one attached hydrogen (secondary N) is 4. The minimum atomic E-state index is -1.14. The number of rotatable bonds is 14. The standard InChI is InChI=1S/C26H29ClN6O5S/c1-2-9-37-22-12-19(33-39-30)10-16(24(22)38-14-23(34)35)13-31-21-8-5-17(27)11-20(21)26(36)32-18-6-3-15(4-7-18)25(28)29/h3-8,10-12,31,33H,2,9,13-14,30H2,1H3,(H3,28,29)(H,32,36)(H,34,35). The number of carboxylic acids is 1. The van der Waals surface area contributed by atoms with Crippen LogP contribution in [0.5, 0.6) is 11.5 Å². The van der Waals surface area contributed by atoms with E-state index in [2.05, 4.69) is 15.4 Å². The molecule has 206 valence electrons. The van der Waals surface area contributed by atoms with Crippen LogP contribution in [-0.4, -0.2) is 36.0 Å². The van der Waals surface area contributed by atoms with Crippen LogP contribution in [0.2, 0.25) is 5.02 Å². The number of amidine groups is 1. The van der Waals surface area contributed by atoms with Gasteiger partial charge in [0.2, 0.25) is 0 Å². The molecule has 3 aromatic carbocycles. The lowest BCUT2D eigenvalue weighted by Gasteiger charge is -2.19. The number of halogens is 1. The Morgan fingerprint density at radius 2 is 1.82 bits per heavy atom. The number of amides is 1. The summed E-state index contributed by atoms with van der Waals surface area (Å²) in [5, 5.41) is 28.7. The van der Waals surface area contributed by atoms with Crippen LogP contribution in [0.1, 0.15) is 34.8 Å². The van der Waals surface area contributed by atoms with E-state index >= 15 is 0 Å². The molecule has 0 bridgehead atoms. The highest BCUT2D eigenvalue weighted by Gasteiger charge is 2.18. The number of aliphatic carboxylic acids is 1. The zero-order valence-electron chi connectivity index (χ0n) is 21.0. The molecular formula is C26H29ClN6O5S. The fourth-order valence-corrected chi connectivity index (χ4v) is 3.94. The van der Waals surface area contributed by atoms with Crippen LogP contribution in [-0.2, 0) is 11.3 Å². The lowest BCUT2D eigenvalue weighted by atomic mass is 10.1. The van der Waals surface area contributed by atoms with Gasteiger partial charge in [-0.05, 0) is 55.0 Å². The molecule has 0 fully saturated rings. The first-order valence-corrected chi connectivity index (χ1v) is 13.0. The fraction of sp³-hybridized carbons (Fsp3) is 0.192. The summed E-state index contributed by atoms with van der Waals surface area (Å²) in [6, 6.07) is 14.8. The van der Waals surface area contributed by atoms with Crippen molar-refractivity contribution in [3.8, 4) is 11.5 Å². The molecule has 1 amide bonds. The molecule has 9 N–H and O–H groups in total. The Labute approximate surface area is 235 Å². The molecular weight excluding hydrogens is 544 g/mol. The third kappa shape index (κ3) is 8.43. The molecule has 3 aromatic rings. The molecule has 0 heterocycles. The third-order valence-corrected chi connectivity index (χ3v) is 5.85. The zero-order valence-corrected chi connectivity index (χ0v) is 22.6. The summed E-state index contributed by atoms with van der Waals surface area (Å²) in [5.74, 6) is -1.01. The van der Waals surface area contributed by atoms with Crippen LogP contribution in [0.15, 0.2) is 54.6 Å². The predicted molar refractivity (Wildman–Crippen MR) is 155 cm³/mol. The van der Waals surface area contributed by atoms with Gasteiger partial charge in [-0.25, -0.2) is 4.79 Å². The minimum Gasteiger partial charge on any atom is -0.490 e.